The largest absolute Gasteiger partial charge is 0.362 e. The summed E-state index contributed by atoms with van der Waals surface area (Å²) < 4.78 is 0. The number of carbonyl (C=O) groups is 4. The van der Waals surface area contributed by atoms with Gasteiger partial charge in [-0.25, -0.2) is 9.80 Å². The summed E-state index contributed by atoms with van der Waals surface area (Å²) >= 11 is 0. The van der Waals surface area contributed by atoms with Gasteiger partial charge in [0.25, 0.3) is 11.8 Å². The van der Waals surface area contributed by atoms with Gasteiger partial charge in [-0.2, -0.15) is 5.01 Å². The molecule has 27 heavy (non-hydrogen) atoms. The molecule has 0 aliphatic carbocycles. The topological polar surface area (TPSA) is 102 Å². The smallest absolute Gasteiger partial charge is 0.343 e. The van der Waals surface area contributed by atoms with Gasteiger partial charge in [0.05, 0.1) is 23.4 Å². The summed E-state index contributed by atoms with van der Waals surface area (Å²) in [6.45, 7) is 1.70. The molecule has 9 heteroatoms. The van der Waals surface area contributed by atoms with E-state index in [1.807, 2.05) is 6.07 Å². The first-order valence-electron chi connectivity index (χ1n) is 9.18. The number of anilines is 1. The number of hydrazine groups is 1. The minimum atomic E-state index is -0.746. The van der Waals surface area contributed by atoms with E-state index in [-0.39, 0.29) is 13.0 Å². The zero-order valence-corrected chi connectivity index (χ0v) is 14.6. The summed E-state index contributed by atoms with van der Waals surface area (Å²) in [5.41, 5.74) is 1.42. The lowest BCUT2D eigenvalue weighted by atomic mass is 10.0. The molecule has 4 heterocycles. The van der Waals surface area contributed by atoms with Crippen LogP contribution in [0.3, 0.4) is 0 Å². The lowest BCUT2D eigenvalue weighted by Gasteiger charge is -2.38. The van der Waals surface area contributed by atoms with E-state index in [0.717, 1.165) is 41.6 Å². The van der Waals surface area contributed by atoms with Gasteiger partial charge in [-0.1, -0.05) is 6.07 Å². The average molecular weight is 369 g/mol. The van der Waals surface area contributed by atoms with Crippen LogP contribution in [0.2, 0.25) is 0 Å². The molecule has 5 amide bonds. The third kappa shape index (κ3) is 2.27. The molecule has 140 valence electrons. The minimum absolute atomic E-state index is 0.00432. The second-order valence-corrected chi connectivity index (χ2v) is 7.30. The van der Waals surface area contributed by atoms with Gasteiger partial charge in [-0.05, 0) is 25.0 Å². The molecule has 0 aromatic heterocycles. The number of amides is 5. The van der Waals surface area contributed by atoms with Crippen LogP contribution in [0.5, 0.6) is 0 Å². The average Bonchev–Trinajstić information content (AvgIpc) is 3.05. The van der Waals surface area contributed by atoms with Gasteiger partial charge in [-0.3, -0.25) is 19.7 Å². The molecule has 4 aliphatic rings. The molecule has 2 bridgehead atoms. The van der Waals surface area contributed by atoms with Gasteiger partial charge in [0.1, 0.15) is 0 Å². The Hall–Kier alpha value is -2.94. The number of hydrogen-bond acceptors (Lipinski definition) is 6. The Balaban J connectivity index is 1.54. The molecule has 0 radical (unpaired) electrons. The highest BCUT2D eigenvalue weighted by molar-refractivity contribution is 6.24. The maximum Gasteiger partial charge on any atom is 0.343 e. The van der Waals surface area contributed by atoms with Crippen LogP contribution >= 0.6 is 0 Å². The van der Waals surface area contributed by atoms with Crippen LogP contribution in [0.4, 0.5) is 10.5 Å². The van der Waals surface area contributed by atoms with Crippen LogP contribution in [0.1, 0.15) is 40.0 Å². The first-order chi connectivity index (χ1) is 13.1. The molecule has 9 nitrogen and oxygen atoms in total. The standard InChI is InChI=1S/C18H19N5O4/c24-14-6-7-21(18(27)20-14)23-16(25)12-2-1-3-13(15(12)17(23)26)22-10-4-5-11(22)9-19-8-10/h1-3,10-11,19H,4-9H2,(H,20,24,27). The Morgan fingerprint density at radius 2 is 1.70 bits per heavy atom. The number of nitrogens with one attached hydrogen (secondary N) is 2. The van der Waals surface area contributed by atoms with Gasteiger partial charge < -0.3 is 10.2 Å². The van der Waals surface area contributed by atoms with Gasteiger partial charge in [0.2, 0.25) is 5.91 Å². The first kappa shape index (κ1) is 16.2. The monoisotopic (exact) mass is 369 g/mol. The number of imide groups is 2. The Morgan fingerprint density at radius 3 is 2.41 bits per heavy atom. The molecule has 1 aromatic rings. The lowest BCUT2D eigenvalue weighted by Crippen LogP contribution is -2.58. The summed E-state index contributed by atoms with van der Waals surface area (Å²) in [6.07, 6.45) is 2.14. The van der Waals surface area contributed by atoms with Gasteiger partial charge in [0, 0.05) is 31.6 Å². The molecule has 0 spiro atoms. The van der Waals surface area contributed by atoms with Crippen LogP contribution < -0.4 is 15.5 Å². The summed E-state index contributed by atoms with van der Waals surface area (Å²) in [5.74, 6) is -1.44. The fraction of sp³-hybridized carbons (Fsp3) is 0.444. The molecule has 3 fully saturated rings. The molecular weight excluding hydrogens is 350 g/mol. The predicted molar refractivity (Wildman–Crippen MR) is 94.0 cm³/mol. The van der Waals surface area contributed by atoms with Gasteiger partial charge in [-0.15, -0.1) is 0 Å². The van der Waals surface area contributed by atoms with E-state index in [2.05, 4.69) is 15.5 Å². The van der Waals surface area contributed by atoms with Crippen molar-refractivity contribution in [2.24, 2.45) is 0 Å². The van der Waals surface area contributed by atoms with Crippen molar-refractivity contribution in [2.45, 2.75) is 31.3 Å². The van der Waals surface area contributed by atoms with E-state index < -0.39 is 23.8 Å². The molecule has 0 saturated carbocycles. The summed E-state index contributed by atoms with van der Waals surface area (Å²) in [4.78, 5) is 51.9. The SMILES string of the molecule is O=C1CCN(N2C(=O)c3cccc(N4C5CCC4CNC5)c3C2=O)C(=O)N1. The first-order valence-corrected chi connectivity index (χ1v) is 9.18. The van der Waals surface area contributed by atoms with Crippen molar-refractivity contribution in [1.82, 2.24) is 20.7 Å². The third-order valence-corrected chi connectivity index (χ3v) is 5.80. The van der Waals surface area contributed by atoms with Gasteiger partial charge >= 0.3 is 6.03 Å². The van der Waals surface area contributed by atoms with Crippen LogP contribution in [0, 0.1) is 0 Å². The normalized spacial score (nSPS) is 27.3. The number of piperazine rings is 1. The Labute approximate surface area is 155 Å². The number of hydrogen-bond donors (Lipinski definition) is 2. The molecule has 4 aliphatic heterocycles. The van der Waals surface area contributed by atoms with Crippen molar-refractivity contribution in [1.29, 1.82) is 0 Å². The second-order valence-electron chi connectivity index (χ2n) is 7.30. The van der Waals surface area contributed by atoms with Crippen molar-refractivity contribution < 1.29 is 19.2 Å². The summed E-state index contributed by atoms with van der Waals surface area (Å²) in [5, 5.41) is 7.47. The van der Waals surface area contributed by atoms with Crippen LogP contribution in [-0.2, 0) is 4.79 Å². The summed E-state index contributed by atoms with van der Waals surface area (Å²) in [6, 6.07) is 5.13. The number of benzene rings is 1. The molecule has 2 unspecified atom stereocenters. The highest BCUT2D eigenvalue weighted by Gasteiger charge is 2.47. The van der Waals surface area contributed by atoms with Crippen LogP contribution in [0.25, 0.3) is 0 Å². The highest BCUT2D eigenvalue weighted by Crippen LogP contribution is 2.39. The lowest BCUT2D eigenvalue weighted by molar-refractivity contribution is -0.122. The van der Waals surface area contributed by atoms with Crippen molar-refractivity contribution in [3.05, 3.63) is 29.3 Å². The van der Waals surface area contributed by atoms with E-state index >= 15 is 0 Å². The number of urea groups is 1. The minimum Gasteiger partial charge on any atom is -0.362 e. The maximum atomic E-state index is 13.2. The van der Waals surface area contributed by atoms with E-state index in [4.69, 9.17) is 0 Å². The number of rotatable bonds is 2. The molecule has 5 rings (SSSR count). The van der Waals surface area contributed by atoms with E-state index in [1.165, 1.54) is 0 Å². The number of fused-ring (bicyclic) bond motifs is 3. The van der Waals surface area contributed by atoms with E-state index in [0.29, 0.717) is 23.2 Å². The Bertz CT molecular complexity index is 869. The van der Waals surface area contributed by atoms with Crippen molar-refractivity contribution >= 4 is 29.4 Å². The number of nitrogens with zero attached hydrogens (tertiary/aromatic N) is 3. The fourth-order valence-electron chi connectivity index (χ4n) is 4.61. The zero-order valence-electron chi connectivity index (χ0n) is 14.6. The van der Waals surface area contributed by atoms with E-state index in [1.54, 1.807) is 12.1 Å². The van der Waals surface area contributed by atoms with Gasteiger partial charge in [0.15, 0.2) is 0 Å². The second kappa shape index (κ2) is 5.78. The molecule has 3 saturated heterocycles. The molecule has 2 atom stereocenters. The highest BCUT2D eigenvalue weighted by atomic mass is 16.2. The molecule has 1 aromatic carbocycles. The third-order valence-electron chi connectivity index (χ3n) is 5.80. The van der Waals surface area contributed by atoms with Crippen molar-refractivity contribution in [2.75, 3.05) is 24.5 Å². The predicted octanol–water partition coefficient (Wildman–Crippen LogP) is 0.0801. The maximum absolute atomic E-state index is 13.2. The van der Waals surface area contributed by atoms with Crippen molar-refractivity contribution in [3.8, 4) is 0 Å². The zero-order chi connectivity index (χ0) is 18.7. The van der Waals surface area contributed by atoms with E-state index in [9.17, 15) is 19.2 Å². The van der Waals surface area contributed by atoms with Crippen LogP contribution in [0.15, 0.2) is 18.2 Å². The summed E-state index contributed by atoms with van der Waals surface area (Å²) in [7, 11) is 0. The Kier molecular flexibility index (Phi) is 3.48. The number of carbonyl (C=O) groups excluding carboxylic acids is 4. The van der Waals surface area contributed by atoms with Crippen molar-refractivity contribution in [3.63, 3.8) is 0 Å². The fourth-order valence-corrected chi connectivity index (χ4v) is 4.61. The molecular formula is C18H19N5O4. The molecule has 2 N–H and O–H groups in total. The Morgan fingerprint density at radius 1 is 0.963 bits per heavy atom. The quantitative estimate of drug-likeness (QED) is 0.716. The van der Waals surface area contributed by atoms with Crippen LogP contribution in [-0.4, -0.2) is 65.5 Å².